The highest BCUT2D eigenvalue weighted by molar-refractivity contribution is 5.94. The van der Waals surface area contributed by atoms with Crippen LogP contribution in [0.5, 0.6) is 0 Å². The van der Waals surface area contributed by atoms with Crippen LogP contribution < -0.4 is 15.5 Å². The Labute approximate surface area is 174 Å². The number of nitrogens with zero attached hydrogens (tertiary/aromatic N) is 5. The second-order valence-corrected chi connectivity index (χ2v) is 7.22. The molecule has 154 valence electrons. The number of benzene rings is 1. The number of carbonyl (C=O) groups is 2. The van der Waals surface area contributed by atoms with E-state index in [9.17, 15) is 9.59 Å². The molecule has 2 amide bonds. The Kier molecular flexibility index (Phi) is 5.69. The largest absolute Gasteiger partial charge is 0.356 e. The van der Waals surface area contributed by atoms with Gasteiger partial charge in [-0.05, 0) is 43.2 Å². The number of anilines is 3. The molecule has 30 heavy (non-hydrogen) atoms. The first kappa shape index (κ1) is 19.6. The zero-order valence-electron chi connectivity index (χ0n) is 16.7. The smallest absolute Gasteiger partial charge is 0.229 e. The zero-order valence-corrected chi connectivity index (χ0v) is 16.7. The molecule has 2 N–H and O–H groups in total. The van der Waals surface area contributed by atoms with Crippen LogP contribution in [0.25, 0.3) is 5.82 Å². The van der Waals surface area contributed by atoms with Gasteiger partial charge in [-0.15, -0.1) is 0 Å². The second-order valence-electron chi connectivity index (χ2n) is 7.22. The third-order valence-electron chi connectivity index (χ3n) is 4.97. The minimum Gasteiger partial charge on any atom is -0.356 e. The number of rotatable bonds is 5. The van der Waals surface area contributed by atoms with Gasteiger partial charge in [0, 0.05) is 49.8 Å². The van der Waals surface area contributed by atoms with E-state index in [4.69, 9.17) is 0 Å². The molecule has 4 rings (SSSR count). The van der Waals surface area contributed by atoms with Crippen molar-refractivity contribution in [1.29, 1.82) is 0 Å². The summed E-state index contributed by atoms with van der Waals surface area (Å²) < 4.78 is 1.68. The molecule has 1 aliphatic heterocycles. The summed E-state index contributed by atoms with van der Waals surface area (Å²) in [7, 11) is 0. The fraction of sp³-hybridized carbons (Fsp3) is 0.286. The SMILES string of the molecule is CC(=O)Nc1ccc(NC(=O)C2CCCN(c3cc(-n4cccn4)ncn3)C2)cc1. The average molecular weight is 405 g/mol. The van der Waals surface area contributed by atoms with E-state index >= 15 is 0 Å². The number of nitrogens with one attached hydrogen (secondary N) is 2. The molecule has 1 atom stereocenters. The number of aromatic nitrogens is 4. The molecule has 9 nitrogen and oxygen atoms in total. The Morgan fingerprint density at radius 2 is 1.80 bits per heavy atom. The molecule has 1 aliphatic rings. The predicted molar refractivity (Wildman–Crippen MR) is 113 cm³/mol. The summed E-state index contributed by atoms with van der Waals surface area (Å²) in [4.78, 5) is 34.7. The molecule has 9 heteroatoms. The lowest BCUT2D eigenvalue weighted by Crippen LogP contribution is -2.41. The normalized spacial score (nSPS) is 16.2. The van der Waals surface area contributed by atoms with Gasteiger partial charge in [-0.1, -0.05) is 0 Å². The number of carbonyl (C=O) groups excluding carboxylic acids is 2. The molecule has 0 radical (unpaired) electrons. The van der Waals surface area contributed by atoms with E-state index in [1.807, 2.05) is 18.3 Å². The van der Waals surface area contributed by atoms with Gasteiger partial charge in [-0.2, -0.15) is 5.10 Å². The van der Waals surface area contributed by atoms with Crippen LogP contribution in [0.4, 0.5) is 17.2 Å². The van der Waals surface area contributed by atoms with Crippen molar-refractivity contribution in [3.05, 3.63) is 55.1 Å². The van der Waals surface area contributed by atoms with E-state index in [2.05, 4.69) is 30.6 Å². The fourth-order valence-corrected chi connectivity index (χ4v) is 3.52. The summed E-state index contributed by atoms with van der Waals surface area (Å²) in [6.45, 7) is 2.89. The Balaban J connectivity index is 1.40. The average Bonchev–Trinajstić information content (AvgIpc) is 3.30. The first-order valence-corrected chi connectivity index (χ1v) is 9.84. The standard InChI is InChI=1S/C21H23N7O2/c1-15(29)25-17-5-7-18(8-6-17)26-21(30)16-4-2-10-27(13-16)19-12-20(23-14-22-19)28-11-3-9-24-28/h3,5-9,11-12,14,16H,2,4,10,13H2,1H3,(H,25,29)(H,26,30). The molecular weight excluding hydrogens is 382 g/mol. The van der Waals surface area contributed by atoms with Gasteiger partial charge in [0.1, 0.15) is 12.1 Å². The van der Waals surface area contributed by atoms with Gasteiger partial charge in [-0.25, -0.2) is 14.6 Å². The third-order valence-corrected chi connectivity index (χ3v) is 4.97. The first-order chi connectivity index (χ1) is 14.6. The molecule has 1 unspecified atom stereocenters. The molecular formula is C21H23N7O2. The van der Waals surface area contributed by atoms with Gasteiger partial charge in [0.05, 0.1) is 5.92 Å². The maximum absolute atomic E-state index is 12.8. The molecule has 3 aromatic rings. The summed E-state index contributed by atoms with van der Waals surface area (Å²) >= 11 is 0. The highest BCUT2D eigenvalue weighted by Crippen LogP contribution is 2.24. The van der Waals surface area contributed by atoms with Gasteiger partial charge in [0.15, 0.2) is 5.82 Å². The molecule has 0 saturated carbocycles. The molecule has 0 aliphatic carbocycles. The van der Waals surface area contributed by atoms with Gasteiger partial charge in [0.2, 0.25) is 11.8 Å². The Bertz CT molecular complexity index is 1020. The summed E-state index contributed by atoms with van der Waals surface area (Å²) in [5.74, 6) is 1.18. The van der Waals surface area contributed by atoms with Crippen LogP contribution >= 0.6 is 0 Å². The monoisotopic (exact) mass is 405 g/mol. The molecule has 3 heterocycles. The van der Waals surface area contributed by atoms with Crippen LogP contribution in [-0.2, 0) is 9.59 Å². The number of amides is 2. The van der Waals surface area contributed by atoms with E-state index in [0.717, 1.165) is 25.2 Å². The van der Waals surface area contributed by atoms with Crippen molar-refractivity contribution in [2.75, 3.05) is 28.6 Å². The molecule has 1 saturated heterocycles. The van der Waals surface area contributed by atoms with Crippen LogP contribution in [0.3, 0.4) is 0 Å². The summed E-state index contributed by atoms with van der Waals surface area (Å²) in [5.41, 5.74) is 1.40. The highest BCUT2D eigenvalue weighted by Gasteiger charge is 2.27. The highest BCUT2D eigenvalue weighted by atomic mass is 16.2. The van der Waals surface area contributed by atoms with Crippen LogP contribution in [0.15, 0.2) is 55.1 Å². The second kappa shape index (κ2) is 8.73. The first-order valence-electron chi connectivity index (χ1n) is 9.84. The van der Waals surface area contributed by atoms with Crippen molar-refractivity contribution in [3.63, 3.8) is 0 Å². The molecule has 0 spiro atoms. The number of piperidine rings is 1. The lowest BCUT2D eigenvalue weighted by Gasteiger charge is -2.32. The van der Waals surface area contributed by atoms with Crippen molar-refractivity contribution >= 4 is 29.0 Å². The lowest BCUT2D eigenvalue weighted by atomic mass is 9.97. The van der Waals surface area contributed by atoms with Crippen molar-refractivity contribution < 1.29 is 9.59 Å². The van der Waals surface area contributed by atoms with Crippen LogP contribution in [-0.4, -0.2) is 44.7 Å². The van der Waals surface area contributed by atoms with E-state index < -0.39 is 0 Å². The minimum atomic E-state index is -0.142. The summed E-state index contributed by atoms with van der Waals surface area (Å²) in [6, 6.07) is 10.8. The lowest BCUT2D eigenvalue weighted by molar-refractivity contribution is -0.120. The minimum absolute atomic E-state index is 0.0201. The third kappa shape index (κ3) is 4.62. The van der Waals surface area contributed by atoms with Crippen molar-refractivity contribution in [2.24, 2.45) is 5.92 Å². The Morgan fingerprint density at radius 1 is 1.07 bits per heavy atom. The maximum atomic E-state index is 12.8. The fourth-order valence-electron chi connectivity index (χ4n) is 3.52. The Hall–Kier alpha value is -3.75. The van der Waals surface area contributed by atoms with Gasteiger partial charge >= 0.3 is 0 Å². The molecule has 0 bridgehead atoms. The maximum Gasteiger partial charge on any atom is 0.229 e. The van der Waals surface area contributed by atoms with Crippen LogP contribution in [0, 0.1) is 5.92 Å². The molecule has 1 fully saturated rings. The van der Waals surface area contributed by atoms with E-state index in [1.54, 1.807) is 35.1 Å². The van der Waals surface area contributed by atoms with Gasteiger partial charge < -0.3 is 15.5 Å². The van der Waals surface area contributed by atoms with Crippen molar-refractivity contribution in [2.45, 2.75) is 19.8 Å². The summed E-state index contributed by atoms with van der Waals surface area (Å²) in [6.07, 6.45) is 6.78. The number of hydrogen-bond donors (Lipinski definition) is 2. The van der Waals surface area contributed by atoms with E-state index in [0.29, 0.717) is 23.7 Å². The van der Waals surface area contributed by atoms with Crippen LogP contribution in [0.2, 0.25) is 0 Å². The quantitative estimate of drug-likeness (QED) is 0.676. The van der Waals surface area contributed by atoms with Crippen molar-refractivity contribution in [1.82, 2.24) is 19.7 Å². The number of hydrogen-bond acceptors (Lipinski definition) is 6. The van der Waals surface area contributed by atoms with E-state index in [1.165, 1.54) is 13.3 Å². The van der Waals surface area contributed by atoms with E-state index in [-0.39, 0.29) is 17.7 Å². The van der Waals surface area contributed by atoms with Crippen LogP contribution in [0.1, 0.15) is 19.8 Å². The van der Waals surface area contributed by atoms with Gasteiger partial charge in [0.25, 0.3) is 0 Å². The Morgan fingerprint density at radius 3 is 2.50 bits per heavy atom. The zero-order chi connectivity index (χ0) is 20.9. The van der Waals surface area contributed by atoms with Gasteiger partial charge in [-0.3, -0.25) is 9.59 Å². The molecule has 1 aromatic carbocycles. The van der Waals surface area contributed by atoms with Crippen molar-refractivity contribution in [3.8, 4) is 5.82 Å². The molecule has 2 aromatic heterocycles. The predicted octanol–water partition coefficient (Wildman–Crippen LogP) is 2.48. The topological polar surface area (TPSA) is 105 Å². The summed E-state index contributed by atoms with van der Waals surface area (Å²) in [5, 5.41) is 9.89.